The van der Waals surface area contributed by atoms with Gasteiger partial charge in [-0.2, -0.15) is 0 Å². The lowest BCUT2D eigenvalue weighted by molar-refractivity contribution is -0.307. The minimum atomic E-state index is -1.34. The highest BCUT2D eigenvalue weighted by atomic mass is 16.4. The van der Waals surface area contributed by atoms with Crippen LogP contribution in [0.4, 0.5) is 0 Å². The molecular weight excluding hydrogens is 660 g/mol. The summed E-state index contributed by atoms with van der Waals surface area (Å²) in [4.78, 5) is 74.5. The van der Waals surface area contributed by atoms with Crippen LogP contribution >= 0.6 is 0 Å². The van der Waals surface area contributed by atoms with E-state index in [1.54, 1.807) is 45.0 Å². The summed E-state index contributed by atoms with van der Waals surface area (Å²) in [5, 5.41) is 56.0. The monoisotopic (exact) mass is 694 g/mol. The number of nitrogens with one attached hydrogen (secondary N) is 2. The van der Waals surface area contributed by atoms with Crippen LogP contribution < -0.4 is 20.4 Å². The number of fused-ring (bicyclic) bond motifs is 8. The van der Waals surface area contributed by atoms with Crippen LogP contribution in [0.2, 0.25) is 0 Å². The molecule has 0 radical (unpaired) electrons. The van der Waals surface area contributed by atoms with Crippen LogP contribution in [0.5, 0.6) is 0 Å². The predicted octanol–water partition coefficient (Wildman–Crippen LogP) is 0.537. The van der Waals surface area contributed by atoms with Gasteiger partial charge in [-0.25, -0.2) is 9.97 Å². The molecule has 0 aliphatic carbocycles. The van der Waals surface area contributed by atoms with E-state index in [1.807, 2.05) is 0 Å². The number of aromatic amines is 2. The van der Waals surface area contributed by atoms with E-state index >= 15 is 0 Å². The van der Waals surface area contributed by atoms with Crippen molar-refractivity contribution in [2.24, 2.45) is 0 Å². The lowest BCUT2D eigenvalue weighted by atomic mass is 9.98. The fraction of sp³-hybridized carbons (Fsp3) is 0.324. The third-order valence-corrected chi connectivity index (χ3v) is 9.28. The van der Waals surface area contributed by atoms with Gasteiger partial charge in [0.25, 0.3) is 0 Å². The van der Waals surface area contributed by atoms with E-state index in [-0.39, 0.29) is 50.5 Å². The Hall–Kier alpha value is -6.05. The second kappa shape index (κ2) is 14.8. The zero-order valence-corrected chi connectivity index (χ0v) is 28.2. The third-order valence-electron chi connectivity index (χ3n) is 9.28. The van der Waals surface area contributed by atoms with Crippen molar-refractivity contribution in [3.05, 3.63) is 69.3 Å². The SMILES string of the molecule is CC1=C(CCC(=O)[O-])c2cc3nc(cc4[nH]c(cc5[nH]c(cc1n2)c(C)c5CCC(=O)[O-])c(CCC(=O)[O-])c4CC(=O)O)C(CCC(=O)[O-])=C3C. The van der Waals surface area contributed by atoms with Crippen LogP contribution in [0.25, 0.3) is 44.4 Å². The normalized spacial score (nSPS) is 12.8. The molecule has 0 fully saturated rings. The Morgan fingerprint density at radius 2 is 0.961 bits per heavy atom. The number of carbonyl (C=O) groups excluding carboxylic acids is 4. The highest BCUT2D eigenvalue weighted by molar-refractivity contribution is 5.96. The first-order chi connectivity index (χ1) is 24.1. The van der Waals surface area contributed by atoms with Gasteiger partial charge in [0.2, 0.25) is 0 Å². The topological polar surface area (TPSA) is 255 Å². The Balaban J connectivity index is 1.96. The zero-order valence-electron chi connectivity index (χ0n) is 28.2. The number of hydrogen-bond acceptors (Lipinski definition) is 11. The van der Waals surface area contributed by atoms with Gasteiger partial charge in [0.05, 0.1) is 29.2 Å². The number of allylic oxidation sites excluding steroid dienone is 4. The van der Waals surface area contributed by atoms with Gasteiger partial charge in [-0.15, -0.1) is 0 Å². The summed E-state index contributed by atoms with van der Waals surface area (Å²) in [6, 6.07) is 6.70. The molecule has 3 aromatic rings. The molecule has 5 heterocycles. The number of aromatic nitrogens is 4. The second-order valence-electron chi connectivity index (χ2n) is 12.6. The van der Waals surface area contributed by atoms with Crippen LogP contribution in [0, 0.1) is 6.92 Å². The standard InChI is InChI=1S/C37H38N4O10/c1-17-20(4-8-33(42)43)28-14-27-19(3)22(6-10-35(46)47)30(40-27)16-32-24(12-37(50)51)23(7-11-36(48)49)31(41-32)15-29-21(5-9-34(44)45)18(2)26(39-29)13-25(17)38-28/h13-16,39,41H,4-12H2,1-3H3,(H,42,43)(H,44,45)(H,46,47)(H,48,49)(H,50,51)/p-4. The molecule has 0 aromatic carbocycles. The molecule has 5 rings (SSSR count). The van der Waals surface area contributed by atoms with E-state index in [9.17, 15) is 49.5 Å². The molecule has 14 nitrogen and oxygen atoms in total. The minimum absolute atomic E-state index is 0.0302. The Labute approximate surface area is 291 Å². The maximum atomic E-state index is 12.2. The molecule has 0 amide bonds. The summed E-state index contributed by atoms with van der Waals surface area (Å²) in [5.41, 5.74) is 7.95. The molecule has 2 aliphatic heterocycles. The van der Waals surface area contributed by atoms with Crippen molar-refractivity contribution in [1.29, 1.82) is 0 Å². The lowest BCUT2D eigenvalue weighted by Crippen LogP contribution is -2.22. The van der Waals surface area contributed by atoms with Gasteiger partial charge in [-0.1, -0.05) is 0 Å². The number of H-pyrrole nitrogens is 2. The molecule has 0 spiro atoms. The van der Waals surface area contributed by atoms with E-state index in [0.717, 1.165) is 0 Å². The van der Waals surface area contributed by atoms with Gasteiger partial charge < -0.3 is 54.7 Å². The number of rotatable bonds is 14. The van der Waals surface area contributed by atoms with Crippen molar-refractivity contribution >= 4 is 74.2 Å². The van der Waals surface area contributed by atoms with E-state index in [1.165, 1.54) is 0 Å². The fourth-order valence-corrected chi connectivity index (χ4v) is 6.64. The van der Waals surface area contributed by atoms with Gasteiger partial charge in [0.15, 0.2) is 0 Å². The first kappa shape index (κ1) is 36.2. The molecule has 3 N–H and O–H groups in total. The summed E-state index contributed by atoms with van der Waals surface area (Å²) >= 11 is 0. The molecule has 2 aliphatic rings. The average molecular weight is 695 g/mol. The Kier molecular flexibility index (Phi) is 10.5. The van der Waals surface area contributed by atoms with Crippen LogP contribution in [0.1, 0.15) is 97.4 Å². The van der Waals surface area contributed by atoms with E-state index in [4.69, 9.17) is 9.97 Å². The average Bonchev–Trinajstić information content (AvgIpc) is 3.70. The maximum Gasteiger partial charge on any atom is 0.307 e. The van der Waals surface area contributed by atoms with Crippen molar-refractivity contribution in [3.8, 4) is 0 Å². The van der Waals surface area contributed by atoms with Crippen LogP contribution in [0.15, 0.2) is 24.3 Å². The van der Waals surface area contributed by atoms with Crippen molar-refractivity contribution in [2.75, 3.05) is 0 Å². The molecule has 14 heteroatoms. The molecule has 266 valence electrons. The van der Waals surface area contributed by atoms with Crippen molar-refractivity contribution in [2.45, 2.75) is 78.6 Å². The maximum absolute atomic E-state index is 12.2. The fourth-order valence-electron chi connectivity index (χ4n) is 6.64. The summed E-state index contributed by atoms with van der Waals surface area (Å²) in [7, 11) is 0. The summed E-state index contributed by atoms with van der Waals surface area (Å²) in [6.45, 7) is 5.36. The summed E-state index contributed by atoms with van der Waals surface area (Å²) < 4.78 is 0. The number of aryl methyl sites for hydroxylation is 3. The van der Waals surface area contributed by atoms with Crippen molar-refractivity contribution in [3.63, 3.8) is 0 Å². The Morgan fingerprint density at radius 3 is 1.49 bits per heavy atom. The quantitative estimate of drug-likeness (QED) is 0.209. The smallest absolute Gasteiger partial charge is 0.307 e. The second-order valence-corrected chi connectivity index (χ2v) is 12.6. The van der Waals surface area contributed by atoms with Gasteiger partial charge in [-0.3, -0.25) is 4.79 Å². The number of nitrogens with zero attached hydrogens (tertiary/aromatic N) is 2. The summed E-state index contributed by atoms with van der Waals surface area (Å²) in [5.74, 6) is -6.32. The molecule has 0 unspecified atom stereocenters. The minimum Gasteiger partial charge on any atom is -0.550 e. The number of carbonyl (C=O) groups is 5. The Morgan fingerprint density at radius 1 is 0.549 bits per heavy atom. The summed E-state index contributed by atoms with van der Waals surface area (Å²) in [6.07, 6.45) is -1.70. The van der Waals surface area contributed by atoms with Crippen LogP contribution in [-0.2, 0) is 43.2 Å². The highest BCUT2D eigenvalue weighted by Gasteiger charge is 2.23. The van der Waals surface area contributed by atoms with Crippen molar-refractivity contribution < 1.29 is 49.5 Å². The first-order valence-electron chi connectivity index (χ1n) is 16.3. The molecule has 3 aromatic heterocycles. The first-order valence-corrected chi connectivity index (χ1v) is 16.3. The molecule has 8 bridgehead atoms. The Bertz CT molecular complexity index is 2220. The highest BCUT2D eigenvalue weighted by Crippen LogP contribution is 2.38. The van der Waals surface area contributed by atoms with Gasteiger partial charge in [0.1, 0.15) is 0 Å². The van der Waals surface area contributed by atoms with Crippen LogP contribution in [-0.4, -0.2) is 54.9 Å². The number of hydrogen-bond donors (Lipinski definition) is 3. The number of aliphatic carboxylic acids is 5. The number of carboxylic acid groups (broad SMARTS) is 5. The van der Waals surface area contributed by atoms with Crippen LogP contribution in [0.3, 0.4) is 0 Å². The molecule has 0 atom stereocenters. The van der Waals surface area contributed by atoms with Gasteiger partial charge >= 0.3 is 5.97 Å². The largest absolute Gasteiger partial charge is 0.550 e. The molecule has 0 saturated carbocycles. The van der Waals surface area contributed by atoms with Crippen molar-refractivity contribution in [1.82, 2.24) is 19.9 Å². The molecule has 0 saturated heterocycles. The van der Waals surface area contributed by atoms with E-state index in [0.29, 0.717) is 83.8 Å². The third kappa shape index (κ3) is 8.06. The van der Waals surface area contributed by atoms with E-state index in [2.05, 4.69) is 9.97 Å². The number of carboxylic acids is 5. The zero-order chi connectivity index (χ0) is 37.1. The van der Waals surface area contributed by atoms with E-state index < -0.39 is 42.7 Å². The molecule has 51 heavy (non-hydrogen) atoms. The lowest BCUT2D eigenvalue weighted by Gasteiger charge is -2.07. The molecular formula is C37H34N4O10-4. The van der Waals surface area contributed by atoms with Gasteiger partial charge in [-0.05, 0) is 141 Å². The van der Waals surface area contributed by atoms with Gasteiger partial charge in [0, 0.05) is 45.9 Å². The predicted molar refractivity (Wildman–Crippen MR) is 177 cm³/mol.